The summed E-state index contributed by atoms with van der Waals surface area (Å²) < 4.78 is 19.1. The zero-order chi connectivity index (χ0) is 26.1. The van der Waals surface area contributed by atoms with E-state index in [-0.39, 0.29) is 12.2 Å². The SMILES string of the molecule is CCOC(=O)C1=C(C)N=c2s/c(=C\c3ccc(N4CCN(C)CC4)o3)c(=O)n2[C@@H]1c1ccccc1OC. The Bertz CT molecular complexity index is 1520. The van der Waals surface area contributed by atoms with Crippen LogP contribution in [-0.4, -0.2) is 62.4 Å². The Hall–Kier alpha value is -3.63. The van der Waals surface area contributed by atoms with Gasteiger partial charge < -0.3 is 23.7 Å². The smallest absolute Gasteiger partial charge is 0.338 e. The number of rotatable bonds is 6. The van der Waals surface area contributed by atoms with Gasteiger partial charge in [0.25, 0.3) is 5.56 Å². The highest BCUT2D eigenvalue weighted by atomic mass is 32.1. The number of anilines is 1. The van der Waals surface area contributed by atoms with E-state index in [9.17, 15) is 9.59 Å². The maximum absolute atomic E-state index is 13.8. The monoisotopic (exact) mass is 522 g/mol. The quantitative estimate of drug-likeness (QED) is 0.459. The van der Waals surface area contributed by atoms with Crippen LogP contribution >= 0.6 is 11.3 Å². The van der Waals surface area contributed by atoms with Crippen LogP contribution < -0.4 is 24.5 Å². The molecule has 0 spiro atoms. The van der Waals surface area contributed by atoms with E-state index in [1.54, 1.807) is 31.6 Å². The largest absolute Gasteiger partial charge is 0.496 e. The second kappa shape index (κ2) is 10.4. The molecule has 4 heterocycles. The lowest BCUT2D eigenvalue weighted by molar-refractivity contribution is -0.139. The van der Waals surface area contributed by atoms with Crippen LogP contribution in [0.4, 0.5) is 5.88 Å². The van der Waals surface area contributed by atoms with Gasteiger partial charge in [0, 0.05) is 43.9 Å². The van der Waals surface area contributed by atoms with Crippen LogP contribution in [-0.2, 0) is 9.53 Å². The van der Waals surface area contributed by atoms with Crippen molar-refractivity contribution in [2.75, 3.05) is 51.8 Å². The van der Waals surface area contributed by atoms with Crippen molar-refractivity contribution in [1.29, 1.82) is 0 Å². The van der Waals surface area contributed by atoms with E-state index < -0.39 is 12.0 Å². The number of para-hydroxylation sites is 1. The Morgan fingerprint density at radius 2 is 1.95 bits per heavy atom. The lowest BCUT2D eigenvalue weighted by Gasteiger charge is -2.32. The van der Waals surface area contributed by atoms with Crippen molar-refractivity contribution in [3.63, 3.8) is 0 Å². The van der Waals surface area contributed by atoms with Gasteiger partial charge in [-0.2, -0.15) is 0 Å². The average Bonchev–Trinajstić information content (AvgIpc) is 3.48. The number of carbonyl (C=O) groups excluding carboxylic acids is 1. The highest BCUT2D eigenvalue weighted by molar-refractivity contribution is 7.07. The maximum atomic E-state index is 13.8. The molecular formula is C27H30N4O5S. The number of furan rings is 1. The van der Waals surface area contributed by atoms with Crippen LogP contribution in [0.25, 0.3) is 6.08 Å². The fourth-order valence-corrected chi connectivity index (χ4v) is 5.75. The normalized spacial score (nSPS) is 18.5. The number of carbonyl (C=O) groups is 1. The van der Waals surface area contributed by atoms with Gasteiger partial charge in [-0.15, -0.1) is 0 Å². The van der Waals surface area contributed by atoms with Gasteiger partial charge in [-0.1, -0.05) is 29.5 Å². The maximum Gasteiger partial charge on any atom is 0.338 e. The first-order chi connectivity index (χ1) is 17.9. The second-order valence-corrected chi connectivity index (χ2v) is 10.0. The van der Waals surface area contributed by atoms with Gasteiger partial charge in [-0.3, -0.25) is 9.36 Å². The fraction of sp³-hybridized carbons (Fsp3) is 0.370. The van der Waals surface area contributed by atoms with Crippen molar-refractivity contribution in [3.8, 4) is 5.75 Å². The number of aromatic nitrogens is 1. The van der Waals surface area contributed by atoms with E-state index in [1.807, 2.05) is 36.4 Å². The predicted octanol–water partition coefficient (Wildman–Crippen LogP) is 2.15. The minimum atomic E-state index is -0.730. The topological polar surface area (TPSA) is 89.5 Å². The molecule has 2 aliphatic rings. The summed E-state index contributed by atoms with van der Waals surface area (Å²) in [5.41, 5.74) is 1.26. The third-order valence-electron chi connectivity index (χ3n) is 6.65. The van der Waals surface area contributed by atoms with Gasteiger partial charge >= 0.3 is 5.97 Å². The fourth-order valence-electron chi connectivity index (χ4n) is 4.72. The second-order valence-electron chi connectivity index (χ2n) is 9.01. The highest BCUT2D eigenvalue weighted by Crippen LogP contribution is 2.35. The molecule has 194 valence electrons. The molecule has 5 rings (SSSR count). The average molecular weight is 523 g/mol. The molecule has 0 radical (unpaired) electrons. The van der Waals surface area contributed by atoms with Crippen LogP contribution in [0.15, 0.2) is 61.9 Å². The van der Waals surface area contributed by atoms with Crippen molar-refractivity contribution < 1.29 is 18.7 Å². The molecule has 0 saturated carbocycles. The van der Waals surface area contributed by atoms with Crippen molar-refractivity contribution in [1.82, 2.24) is 9.47 Å². The number of fused-ring (bicyclic) bond motifs is 1. The Labute approximate surface area is 218 Å². The molecule has 1 aromatic carbocycles. The van der Waals surface area contributed by atoms with Crippen molar-refractivity contribution in [3.05, 3.63) is 78.7 Å². The van der Waals surface area contributed by atoms with E-state index in [1.165, 1.54) is 11.3 Å². The number of hydrogen-bond donors (Lipinski definition) is 0. The first kappa shape index (κ1) is 25.0. The van der Waals surface area contributed by atoms with Crippen LogP contribution in [0.5, 0.6) is 5.75 Å². The van der Waals surface area contributed by atoms with Crippen molar-refractivity contribution in [2.45, 2.75) is 19.9 Å². The van der Waals surface area contributed by atoms with Gasteiger partial charge in [-0.25, -0.2) is 9.79 Å². The lowest BCUT2D eigenvalue weighted by atomic mass is 9.95. The number of methoxy groups -OCH3 is 1. The molecule has 1 atom stereocenters. The number of thiazole rings is 1. The van der Waals surface area contributed by atoms with Gasteiger partial charge in [-0.05, 0) is 33.0 Å². The van der Waals surface area contributed by atoms with E-state index in [0.717, 1.165) is 32.1 Å². The van der Waals surface area contributed by atoms with Gasteiger partial charge in [0.15, 0.2) is 10.7 Å². The standard InChI is InChI=1S/C27H30N4O5S/c1-5-35-26(33)23-17(2)28-27-31(24(23)19-8-6-7-9-20(19)34-4)25(32)21(37-27)16-18-10-11-22(36-18)30-14-12-29(3)13-15-30/h6-11,16,24H,5,12-15H2,1-4H3/b21-16-/t24-/m1/s1. The summed E-state index contributed by atoms with van der Waals surface area (Å²) in [4.78, 5) is 36.5. The number of esters is 1. The number of ether oxygens (including phenoxy) is 2. The molecule has 37 heavy (non-hydrogen) atoms. The third kappa shape index (κ3) is 4.74. The summed E-state index contributed by atoms with van der Waals surface area (Å²) in [6.45, 7) is 7.45. The van der Waals surface area contributed by atoms with E-state index in [0.29, 0.717) is 37.7 Å². The number of likely N-dealkylation sites (N-methyl/N-ethyl adjacent to an activating group) is 1. The molecule has 2 aromatic heterocycles. The molecule has 1 saturated heterocycles. The molecule has 3 aromatic rings. The van der Waals surface area contributed by atoms with Crippen LogP contribution in [0, 0.1) is 0 Å². The molecule has 0 bridgehead atoms. The van der Waals surface area contributed by atoms with Gasteiger partial charge in [0.1, 0.15) is 17.6 Å². The highest BCUT2D eigenvalue weighted by Gasteiger charge is 2.35. The molecule has 10 heteroatoms. The van der Waals surface area contributed by atoms with E-state index in [2.05, 4.69) is 21.8 Å². The summed E-state index contributed by atoms with van der Waals surface area (Å²) >= 11 is 1.27. The zero-order valence-electron chi connectivity index (χ0n) is 21.4. The minimum Gasteiger partial charge on any atom is -0.496 e. The minimum absolute atomic E-state index is 0.215. The summed E-state index contributed by atoms with van der Waals surface area (Å²) in [6, 6.07) is 10.5. The summed E-state index contributed by atoms with van der Waals surface area (Å²) in [5, 5.41) is 0. The van der Waals surface area contributed by atoms with E-state index in [4.69, 9.17) is 13.9 Å². The van der Waals surface area contributed by atoms with Gasteiger partial charge in [0.2, 0.25) is 0 Å². The predicted molar refractivity (Wildman–Crippen MR) is 142 cm³/mol. The van der Waals surface area contributed by atoms with Gasteiger partial charge in [0.05, 0.1) is 29.5 Å². The van der Waals surface area contributed by atoms with Crippen molar-refractivity contribution >= 4 is 29.3 Å². The molecule has 9 nitrogen and oxygen atoms in total. The van der Waals surface area contributed by atoms with Crippen LogP contribution in [0.2, 0.25) is 0 Å². The number of nitrogens with zero attached hydrogens (tertiary/aromatic N) is 4. The summed E-state index contributed by atoms with van der Waals surface area (Å²) in [7, 11) is 3.68. The van der Waals surface area contributed by atoms with Crippen LogP contribution in [0.3, 0.4) is 0 Å². The molecule has 0 N–H and O–H groups in total. The third-order valence-corrected chi connectivity index (χ3v) is 7.63. The number of hydrogen-bond acceptors (Lipinski definition) is 9. The Morgan fingerprint density at radius 1 is 1.19 bits per heavy atom. The Kier molecular flexibility index (Phi) is 7.03. The summed E-state index contributed by atoms with van der Waals surface area (Å²) in [5.74, 6) is 1.45. The van der Waals surface area contributed by atoms with E-state index >= 15 is 0 Å². The number of benzene rings is 1. The number of allylic oxidation sites excluding steroid dienone is 1. The van der Waals surface area contributed by atoms with Crippen LogP contribution in [0.1, 0.15) is 31.2 Å². The van der Waals surface area contributed by atoms with Crippen molar-refractivity contribution in [2.24, 2.45) is 4.99 Å². The first-order valence-corrected chi connectivity index (χ1v) is 13.1. The molecule has 0 aliphatic carbocycles. The molecule has 0 amide bonds. The molecular weight excluding hydrogens is 492 g/mol. The Balaban J connectivity index is 1.61. The molecule has 0 unspecified atom stereocenters. The molecule has 2 aliphatic heterocycles. The first-order valence-electron chi connectivity index (χ1n) is 12.3. The summed E-state index contributed by atoms with van der Waals surface area (Å²) in [6.07, 6.45) is 1.74. The number of piperazine rings is 1. The zero-order valence-corrected chi connectivity index (χ0v) is 22.2. The lowest BCUT2D eigenvalue weighted by Crippen LogP contribution is -2.44. The molecule has 1 fully saturated rings. The Morgan fingerprint density at radius 3 is 2.68 bits per heavy atom.